The summed E-state index contributed by atoms with van der Waals surface area (Å²) >= 11 is 6.24. The quantitative estimate of drug-likeness (QED) is 0.657. The van der Waals surface area contributed by atoms with Crippen LogP contribution in [0, 0.1) is 11.6 Å². The third-order valence-electron chi connectivity index (χ3n) is 3.84. The third-order valence-corrected chi connectivity index (χ3v) is 4.13. The maximum atomic E-state index is 13.9. The van der Waals surface area contributed by atoms with E-state index >= 15 is 0 Å². The number of aromatic nitrogens is 3. The Kier molecular flexibility index (Phi) is 5.40. The maximum absolute atomic E-state index is 13.9. The van der Waals surface area contributed by atoms with Gasteiger partial charge in [-0.25, -0.2) is 8.78 Å². The Morgan fingerprint density at radius 3 is 2.72 bits per heavy atom. The first kappa shape index (κ1) is 17.5. The topological polar surface area (TPSA) is 39.9 Å². The highest BCUT2D eigenvalue weighted by Crippen LogP contribution is 2.29. The minimum Gasteiger partial charge on any atom is -0.367 e. The van der Waals surface area contributed by atoms with Gasteiger partial charge >= 0.3 is 0 Å². The Labute approximate surface area is 149 Å². The van der Waals surface area contributed by atoms with Crippen molar-refractivity contribution in [3.8, 4) is 0 Å². The standard InChI is InChI=1S/C18H16ClF2N3O/c1-24-18(15(19)10-23-24)17(7-12-3-2-6-22-9-12)25-11-13-4-5-14(20)8-16(13)21/h2-6,8-10,17H,7,11H2,1H3. The summed E-state index contributed by atoms with van der Waals surface area (Å²) in [6, 6.07) is 7.17. The molecule has 3 aromatic rings. The van der Waals surface area contributed by atoms with Crippen LogP contribution in [0.2, 0.25) is 5.02 Å². The number of hydrogen-bond donors (Lipinski definition) is 0. The molecule has 3 rings (SSSR count). The van der Waals surface area contributed by atoms with E-state index in [1.54, 1.807) is 24.1 Å². The Balaban J connectivity index is 1.83. The summed E-state index contributed by atoms with van der Waals surface area (Å²) in [5, 5.41) is 4.60. The van der Waals surface area contributed by atoms with E-state index in [0.29, 0.717) is 17.1 Å². The second-order valence-corrected chi connectivity index (χ2v) is 6.01. The summed E-state index contributed by atoms with van der Waals surface area (Å²) in [7, 11) is 1.76. The van der Waals surface area contributed by atoms with E-state index < -0.39 is 17.7 Å². The van der Waals surface area contributed by atoms with E-state index in [0.717, 1.165) is 11.6 Å². The molecule has 1 atom stereocenters. The maximum Gasteiger partial charge on any atom is 0.131 e. The van der Waals surface area contributed by atoms with Crippen LogP contribution in [0.5, 0.6) is 0 Å². The van der Waals surface area contributed by atoms with Crippen LogP contribution >= 0.6 is 11.6 Å². The van der Waals surface area contributed by atoms with Gasteiger partial charge in [-0.3, -0.25) is 9.67 Å². The molecule has 1 aromatic carbocycles. The number of hydrogen-bond acceptors (Lipinski definition) is 3. The summed E-state index contributed by atoms with van der Waals surface area (Å²) in [5.74, 6) is -1.26. The molecule has 0 bridgehead atoms. The van der Waals surface area contributed by atoms with Gasteiger partial charge in [-0.2, -0.15) is 5.10 Å². The summed E-state index contributed by atoms with van der Waals surface area (Å²) in [6.45, 7) is -0.0153. The Morgan fingerprint density at radius 1 is 1.24 bits per heavy atom. The van der Waals surface area contributed by atoms with Crippen molar-refractivity contribution in [3.05, 3.63) is 82.4 Å². The number of benzene rings is 1. The van der Waals surface area contributed by atoms with Gasteiger partial charge in [-0.15, -0.1) is 0 Å². The first-order valence-electron chi connectivity index (χ1n) is 7.66. The van der Waals surface area contributed by atoms with Crippen molar-refractivity contribution >= 4 is 11.6 Å². The summed E-state index contributed by atoms with van der Waals surface area (Å²) in [5.41, 5.74) is 1.91. The lowest BCUT2D eigenvalue weighted by Gasteiger charge is -2.19. The second kappa shape index (κ2) is 7.72. The highest BCUT2D eigenvalue weighted by molar-refractivity contribution is 6.31. The lowest BCUT2D eigenvalue weighted by atomic mass is 10.1. The van der Waals surface area contributed by atoms with Crippen molar-refractivity contribution < 1.29 is 13.5 Å². The normalized spacial score (nSPS) is 12.3. The molecule has 0 spiro atoms. The molecule has 25 heavy (non-hydrogen) atoms. The summed E-state index contributed by atoms with van der Waals surface area (Å²) < 4.78 is 34.5. The van der Waals surface area contributed by atoms with Crippen molar-refractivity contribution in [1.82, 2.24) is 14.8 Å². The average molecular weight is 364 g/mol. The molecular weight excluding hydrogens is 348 g/mol. The molecule has 7 heteroatoms. The van der Waals surface area contributed by atoms with E-state index in [-0.39, 0.29) is 12.2 Å². The molecule has 0 N–H and O–H groups in total. The van der Waals surface area contributed by atoms with Gasteiger partial charge in [0.25, 0.3) is 0 Å². The van der Waals surface area contributed by atoms with Crippen LogP contribution in [0.15, 0.2) is 48.9 Å². The zero-order valence-electron chi connectivity index (χ0n) is 13.5. The van der Waals surface area contributed by atoms with Gasteiger partial charge in [0.05, 0.1) is 23.5 Å². The first-order valence-corrected chi connectivity index (χ1v) is 8.04. The predicted molar refractivity (Wildman–Crippen MR) is 90.0 cm³/mol. The molecule has 0 radical (unpaired) electrons. The number of aryl methyl sites for hydroxylation is 1. The summed E-state index contributed by atoms with van der Waals surface area (Å²) in [6.07, 6.45) is 5.00. The molecule has 4 nitrogen and oxygen atoms in total. The molecule has 0 saturated carbocycles. The van der Waals surface area contributed by atoms with Crippen LogP contribution in [0.25, 0.3) is 0 Å². The van der Waals surface area contributed by atoms with Gasteiger partial charge < -0.3 is 4.74 Å². The van der Waals surface area contributed by atoms with E-state index in [4.69, 9.17) is 16.3 Å². The smallest absolute Gasteiger partial charge is 0.131 e. The summed E-state index contributed by atoms with van der Waals surface area (Å²) in [4.78, 5) is 4.09. The molecule has 0 aliphatic carbocycles. The van der Waals surface area contributed by atoms with Crippen molar-refractivity contribution in [3.63, 3.8) is 0 Å². The first-order chi connectivity index (χ1) is 12.0. The van der Waals surface area contributed by atoms with Crippen molar-refractivity contribution in [2.45, 2.75) is 19.1 Å². The Bertz CT molecular complexity index is 835. The molecule has 2 heterocycles. The molecule has 2 aromatic heterocycles. The zero-order valence-corrected chi connectivity index (χ0v) is 14.3. The van der Waals surface area contributed by atoms with Crippen molar-refractivity contribution in [2.75, 3.05) is 0 Å². The lowest BCUT2D eigenvalue weighted by molar-refractivity contribution is 0.0331. The molecule has 1 unspecified atom stereocenters. The molecular formula is C18H16ClF2N3O. The average Bonchev–Trinajstić information content (AvgIpc) is 2.92. The van der Waals surface area contributed by atoms with E-state index in [1.807, 2.05) is 12.1 Å². The molecule has 130 valence electrons. The largest absolute Gasteiger partial charge is 0.367 e. The highest BCUT2D eigenvalue weighted by Gasteiger charge is 2.21. The van der Waals surface area contributed by atoms with Gasteiger partial charge in [0.15, 0.2) is 0 Å². The number of halogens is 3. The Hall–Kier alpha value is -2.31. The molecule has 0 amide bonds. The molecule has 0 fully saturated rings. The van der Waals surface area contributed by atoms with Gasteiger partial charge in [-0.05, 0) is 17.7 Å². The van der Waals surface area contributed by atoms with Gasteiger partial charge in [-0.1, -0.05) is 23.7 Å². The highest BCUT2D eigenvalue weighted by atomic mass is 35.5. The zero-order chi connectivity index (χ0) is 17.8. The lowest BCUT2D eigenvalue weighted by Crippen LogP contribution is -2.13. The van der Waals surface area contributed by atoms with Crippen molar-refractivity contribution in [2.24, 2.45) is 7.05 Å². The number of rotatable bonds is 6. The van der Waals surface area contributed by atoms with Gasteiger partial charge in [0, 0.05) is 37.5 Å². The van der Waals surface area contributed by atoms with Crippen LogP contribution < -0.4 is 0 Å². The van der Waals surface area contributed by atoms with Crippen LogP contribution in [0.3, 0.4) is 0 Å². The number of ether oxygens (including phenoxy) is 1. The van der Waals surface area contributed by atoms with E-state index in [1.165, 1.54) is 18.3 Å². The fourth-order valence-corrected chi connectivity index (χ4v) is 2.87. The third kappa shape index (κ3) is 4.21. The van der Waals surface area contributed by atoms with E-state index in [9.17, 15) is 8.78 Å². The predicted octanol–water partition coefficient (Wildman–Crippen LogP) is 4.25. The SMILES string of the molecule is Cn1ncc(Cl)c1C(Cc1cccnc1)OCc1ccc(F)cc1F. The van der Waals surface area contributed by atoms with Gasteiger partial charge in [0.1, 0.15) is 17.7 Å². The van der Waals surface area contributed by atoms with E-state index in [2.05, 4.69) is 10.1 Å². The van der Waals surface area contributed by atoms with Crippen LogP contribution in [-0.2, 0) is 24.8 Å². The van der Waals surface area contributed by atoms with Gasteiger partial charge in [0.2, 0.25) is 0 Å². The minimum absolute atomic E-state index is 0.0153. The fourth-order valence-electron chi connectivity index (χ4n) is 2.58. The molecule has 0 saturated heterocycles. The Morgan fingerprint density at radius 2 is 2.08 bits per heavy atom. The fraction of sp³-hybridized carbons (Fsp3) is 0.222. The molecule has 0 aliphatic heterocycles. The van der Waals surface area contributed by atoms with Crippen molar-refractivity contribution in [1.29, 1.82) is 0 Å². The van der Waals surface area contributed by atoms with Crippen LogP contribution in [0.4, 0.5) is 8.78 Å². The molecule has 0 aliphatic rings. The second-order valence-electron chi connectivity index (χ2n) is 5.60. The monoisotopic (exact) mass is 363 g/mol. The van der Waals surface area contributed by atoms with Crippen LogP contribution in [0.1, 0.15) is 22.9 Å². The number of pyridine rings is 1. The minimum atomic E-state index is -0.642. The van der Waals surface area contributed by atoms with Crippen LogP contribution in [-0.4, -0.2) is 14.8 Å². The number of nitrogens with zero attached hydrogens (tertiary/aromatic N) is 3.